The van der Waals surface area contributed by atoms with Gasteiger partial charge in [0.05, 0.1) is 18.2 Å². The Hall–Kier alpha value is -2.42. The molecule has 184 valence electrons. The van der Waals surface area contributed by atoms with Gasteiger partial charge in [0.15, 0.2) is 0 Å². The molecule has 0 bridgehead atoms. The van der Waals surface area contributed by atoms with Crippen LogP contribution in [0.3, 0.4) is 0 Å². The van der Waals surface area contributed by atoms with Crippen molar-refractivity contribution < 1.29 is 27.4 Å². The third kappa shape index (κ3) is 6.17. The van der Waals surface area contributed by atoms with Gasteiger partial charge in [-0.15, -0.1) is 0 Å². The molecule has 0 amide bonds. The molecule has 5 nitrogen and oxygen atoms in total. The molecule has 1 heterocycles. The van der Waals surface area contributed by atoms with Crippen LogP contribution >= 0.6 is 0 Å². The number of carbonyl (C=O) groups excluding carboxylic acids is 1. The van der Waals surface area contributed by atoms with Crippen LogP contribution in [0.25, 0.3) is 0 Å². The molecule has 0 spiro atoms. The third-order valence-electron chi connectivity index (χ3n) is 6.50. The fourth-order valence-corrected chi connectivity index (χ4v) is 4.79. The zero-order valence-corrected chi connectivity index (χ0v) is 19.0. The number of hydrogen-bond acceptors (Lipinski definition) is 5. The minimum Gasteiger partial charge on any atom is -0.421 e. The first-order valence-electron chi connectivity index (χ1n) is 11.9. The molecule has 34 heavy (non-hydrogen) atoms. The normalized spacial score (nSPS) is 26.6. The molecule has 8 heteroatoms. The second-order valence-electron chi connectivity index (χ2n) is 9.06. The largest absolute Gasteiger partial charge is 0.491 e. The topological polar surface area (TPSA) is 59.6 Å². The Balaban J connectivity index is 1.62. The zero-order valence-electron chi connectivity index (χ0n) is 19.0. The molecule has 1 aliphatic carbocycles. The van der Waals surface area contributed by atoms with E-state index in [4.69, 9.17) is 9.47 Å². The zero-order chi connectivity index (χ0) is 24.0. The highest BCUT2D eigenvalue weighted by atomic mass is 19.4. The van der Waals surface area contributed by atoms with E-state index in [0.29, 0.717) is 0 Å². The van der Waals surface area contributed by atoms with E-state index in [1.807, 2.05) is 60.7 Å². The lowest BCUT2D eigenvalue weighted by Gasteiger charge is -2.32. The Bertz CT molecular complexity index is 868. The first kappa shape index (κ1) is 24.7. The van der Waals surface area contributed by atoms with Gasteiger partial charge in [-0.3, -0.25) is 10.6 Å². The van der Waals surface area contributed by atoms with E-state index in [-0.39, 0.29) is 12.7 Å². The molecule has 0 radical (unpaired) electrons. The molecule has 2 aliphatic rings. The van der Waals surface area contributed by atoms with Crippen LogP contribution in [0.15, 0.2) is 60.7 Å². The Kier molecular flexibility index (Phi) is 7.91. The fraction of sp³-hybridized carbons (Fsp3) is 0.500. The van der Waals surface area contributed by atoms with Gasteiger partial charge in [-0.1, -0.05) is 92.8 Å². The van der Waals surface area contributed by atoms with Gasteiger partial charge in [-0.05, 0) is 24.0 Å². The van der Waals surface area contributed by atoms with E-state index in [1.165, 1.54) is 6.42 Å². The van der Waals surface area contributed by atoms with Crippen LogP contribution in [0, 0.1) is 0 Å². The first-order valence-corrected chi connectivity index (χ1v) is 11.9. The molecular formula is C26H31F3N2O3. The predicted octanol–water partition coefficient (Wildman–Crippen LogP) is 5.55. The number of rotatable bonds is 6. The quantitative estimate of drug-likeness (QED) is 0.536. The molecule has 2 aromatic rings. The summed E-state index contributed by atoms with van der Waals surface area (Å²) in [6, 6.07) is 17.9. The summed E-state index contributed by atoms with van der Waals surface area (Å²) in [7, 11) is 0. The Morgan fingerprint density at radius 2 is 1.29 bits per heavy atom. The standard InChI is InChI=1S/C26H31F3N2O3/c27-26(28,29)24(32)34-25(18-33-21-16-10-2-1-3-11-17-21)30-22(19-12-6-4-7-13-19)23(31-25)20-14-8-5-9-15-20/h4-9,12-15,21-23,30-31H,1-3,10-11,16-18H2. The summed E-state index contributed by atoms with van der Waals surface area (Å²) >= 11 is 0. The van der Waals surface area contributed by atoms with Crippen molar-refractivity contribution in [3.05, 3.63) is 71.8 Å². The summed E-state index contributed by atoms with van der Waals surface area (Å²) in [4.78, 5) is 12.0. The molecule has 2 N–H and O–H groups in total. The smallest absolute Gasteiger partial charge is 0.421 e. The van der Waals surface area contributed by atoms with Crippen LogP contribution in [0.4, 0.5) is 13.2 Å². The van der Waals surface area contributed by atoms with Crippen LogP contribution in [-0.4, -0.2) is 30.7 Å². The molecule has 0 aromatic heterocycles. The number of carbonyl (C=O) groups is 1. The summed E-state index contributed by atoms with van der Waals surface area (Å²) in [6.07, 6.45) is 1.94. The number of benzene rings is 2. The maximum Gasteiger partial charge on any atom is 0.491 e. The van der Waals surface area contributed by atoms with Crippen molar-refractivity contribution >= 4 is 5.97 Å². The first-order chi connectivity index (χ1) is 16.4. The Labute approximate surface area is 198 Å². The minimum absolute atomic E-state index is 0.0867. The van der Waals surface area contributed by atoms with Crippen molar-refractivity contribution in [2.75, 3.05) is 6.61 Å². The second-order valence-corrected chi connectivity index (χ2v) is 9.06. The van der Waals surface area contributed by atoms with E-state index in [1.54, 1.807) is 0 Å². The van der Waals surface area contributed by atoms with Crippen LogP contribution < -0.4 is 10.6 Å². The number of halogens is 3. The van der Waals surface area contributed by atoms with Gasteiger partial charge in [0.2, 0.25) is 5.85 Å². The lowest BCUT2D eigenvalue weighted by atomic mass is 9.95. The van der Waals surface area contributed by atoms with Crippen molar-refractivity contribution in [1.82, 2.24) is 10.6 Å². The molecule has 4 rings (SSSR count). The third-order valence-corrected chi connectivity index (χ3v) is 6.50. The van der Waals surface area contributed by atoms with E-state index in [2.05, 4.69) is 10.6 Å². The highest BCUT2D eigenvalue weighted by molar-refractivity contribution is 5.76. The Morgan fingerprint density at radius 3 is 1.76 bits per heavy atom. The highest BCUT2D eigenvalue weighted by Gasteiger charge is 2.53. The number of ether oxygens (including phenoxy) is 2. The summed E-state index contributed by atoms with van der Waals surface area (Å²) in [5, 5.41) is 6.32. The monoisotopic (exact) mass is 476 g/mol. The van der Waals surface area contributed by atoms with Gasteiger partial charge in [0.25, 0.3) is 0 Å². The summed E-state index contributed by atoms with van der Waals surface area (Å²) in [5.74, 6) is -4.08. The van der Waals surface area contributed by atoms with Gasteiger partial charge in [-0.25, -0.2) is 4.79 Å². The maximum atomic E-state index is 13.2. The SMILES string of the molecule is O=C(OC1(COC2CCCCCCC2)NC(c2ccccc2)C(c2ccccc2)N1)C(F)(F)F. The van der Waals surface area contributed by atoms with Crippen LogP contribution in [0.5, 0.6) is 0 Å². The van der Waals surface area contributed by atoms with Crippen molar-refractivity contribution in [2.24, 2.45) is 0 Å². The van der Waals surface area contributed by atoms with E-state index < -0.39 is 30.1 Å². The molecule has 1 saturated carbocycles. The molecule has 1 saturated heterocycles. The average molecular weight is 477 g/mol. The van der Waals surface area contributed by atoms with Crippen molar-refractivity contribution in [1.29, 1.82) is 0 Å². The predicted molar refractivity (Wildman–Crippen MR) is 122 cm³/mol. The van der Waals surface area contributed by atoms with Crippen molar-refractivity contribution in [2.45, 2.75) is 75.2 Å². The van der Waals surface area contributed by atoms with Gasteiger partial charge in [0.1, 0.15) is 6.61 Å². The average Bonchev–Trinajstić information content (AvgIpc) is 3.19. The van der Waals surface area contributed by atoms with Crippen molar-refractivity contribution in [3.63, 3.8) is 0 Å². The van der Waals surface area contributed by atoms with Gasteiger partial charge >= 0.3 is 12.1 Å². The Morgan fingerprint density at radius 1 is 0.824 bits per heavy atom. The summed E-state index contributed by atoms with van der Waals surface area (Å²) < 4.78 is 50.9. The molecule has 2 atom stereocenters. The number of alkyl halides is 3. The second kappa shape index (κ2) is 10.9. The van der Waals surface area contributed by atoms with E-state index in [0.717, 1.165) is 49.7 Å². The molecular weight excluding hydrogens is 445 g/mol. The molecule has 2 unspecified atom stereocenters. The maximum absolute atomic E-state index is 13.2. The summed E-state index contributed by atoms with van der Waals surface area (Å²) in [6.45, 7) is -0.230. The van der Waals surface area contributed by atoms with Crippen LogP contribution in [0.1, 0.15) is 68.2 Å². The number of hydrogen-bond donors (Lipinski definition) is 2. The van der Waals surface area contributed by atoms with E-state index >= 15 is 0 Å². The minimum atomic E-state index is -5.12. The number of nitrogens with one attached hydrogen (secondary N) is 2. The lowest BCUT2D eigenvalue weighted by molar-refractivity contribution is -0.226. The molecule has 1 aliphatic heterocycles. The van der Waals surface area contributed by atoms with Gasteiger partial charge < -0.3 is 9.47 Å². The lowest BCUT2D eigenvalue weighted by Crippen LogP contribution is -2.58. The molecule has 2 aromatic carbocycles. The van der Waals surface area contributed by atoms with E-state index in [9.17, 15) is 18.0 Å². The van der Waals surface area contributed by atoms with Crippen LogP contribution in [0.2, 0.25) is 0 Å². The van der Waals surface area contributed by atoms with Gasteiger partial charge in [0, 0.05) is 0 Å². The highest BCUT2D eigenvalue weighted by Crippen LogP contribution is 2.38. The van der Waals surface area contributed by atoms with Crippen LogP contribution in [-0.2, 0) is 14.3 Å². The molecule has 2 fully saturated rings. The van der Waals surface area contributed by atoms with Gasteiger partial charge in [-0.2, -0.15) is 13.2 Å². The summed E-state index contributed by atoms with van der Waals surface area (Å²) in [5.41, 5.74) is 1.72. The van der Waals surface area contributed by atoms with Crippen molar-refractivity contribution in [3.8, 4) is 0 Å². The number of esters is 1. The fourth-order valence-electron chi connectivity index (χ4n) is 4.79.